The van der Waals surface area contributed by atoms with Crippen molar-refractivity contribution in [1.82, 2.24) is 4.90 Å². The van der Waals surface area contributed by atoms with Crippen molar-refractivity contribution in [3.63, 3.8) is 0 Å². The minimum atomic E-state index is -2.08. The Morgan fingerprint density at radius 2 is 1.36 bits per heavy atom. The van der Waals surface area contributed by atoms with Crippen LogP contribution in [0.3, 0.4) is 0 Å². The molecule has 5 aromatic carbocycles. The predicted octanol–water partition coefficient (Wildman–Crippen LogP) is 6.55. The number of nitrogens with zero attached hydrogens (tertiary/aromatic N) is 2. The van der Waals surface area contributed by atoms with Crippen molar-refractivity contribution in [1.29, 1.82) is 0 Å². The lowest BCUT2D eigenvalue weighted by atomic mass is 9.82. The summed E-state index contributed by atoms with van der Waals surface area (Å²) in [5, 5.41) is 27.9. The van der Waals surface area contributed by atoms with Crippen LogP contribution in [0.1, 0.15) is 50.8 Å². The van der Waals surface area contributed by atoms with E-state index in [4.69, 9.17) is 9.47 Å². The Hall–Kier alpha value is -6.76. The summed E-state index contributed by atoms with van der Waals surface area (Å²) in [6.45, 7) is 2.03. The van der Waals surface area contributed by atoms with Crippen molar-refractivity contribution >= 4 is 40.7 Å². The standard InChI is InChI=1S/C46H46N4O8/c1-31(9-7-14-42(52)49(25-26-51)29-32-10-5-4-6-11-32)46(56)40-28-37(48-44(54)35-17-22-39(58-3)23-18-35)19-24-41(40)50(45(46)55)30-33-12-8-13-36(27-33)47-43(53)34-15-20-38(57-2)21-16-34/h4-13,15-24,27-28,31,51,56H,14,25-26,29-30H2,1-3H3,(H,47,53)(H,48,54)/b9-7+/t31-,46+/m0/s1. The molecule has 12 nitrogen and oxygen atoms in total. The Morgan fingerprint density at radius 3 is 1.95 bits per heavy atom. The van der Waals surface area contributed by atoms with E-state index in [2.05, 4.69) is 10.6 Å². The maximum Gasteiger partial charge on any atom is 0.264 e. The zero-order valence-corrected chi connectivity index (χ0v) is 32.6. The summed E-state index contributed by atoms with van der Waals surface area (Å²) in [5.74, 6) is -1.13. The van der Waals surface area contributed by atoms with Crippen LogP contribution in [-0.4, -0.2) is 66.1 Å². The maximum atomic E-state index is 14.5. The molecule has 6 rings (SSSR count). The first kappa shape index (κ1) is 40.9. The van der Waals surface area contributed by atoms with Gasteiger partial charge in [0.25, 0.3) is 17.7 Å². The van der Waals surface area contributed by atoms with Gasteiger partial charge in [0.15, 0.2) is 5.60 Å². The van der Waals surface area contributed by atoms with Crippen LogP contribution in [0.5, 0.6) is 11.5 Å². The number of hydrogen-bond donors (Lipinski definition) is 4. The van der Waals surface area contributed by atoms with Gasteiger partial charge in [0.05, 0.1) is 33.1 Å². The van der Waals surface area contributed by atoms with E-state index in [-0.39, 0.29) is 43.5 Å². The summed E-state index contributed by atoms with van der Waals surface area (Å²) in [6, 6.07) is 34.8. The number of amides is 4. The van der Waals surface area contributed by atoms with Crippen LogP contribution in [0.2, 0.25) is 0 Å². The topological polar surface area (TPSA) is 158 Å². The minimum Gasteiger partial charge on any atom is -0.497 e. The number of carbonyl (C=O) groups is 4. The fourth-order valence-electron chi connectivity index (χ4n) is 6.86. The Kier molecular flexibility index (Phi) is 13.0. The van der Waals surface area contributed by atoms with Crippen LogP contribution in [0.15, 0.2) is 133 Å². The number of hydrogen-bond acceptors (Lipinski definition) is 8. The molecule has 298 valence electrons. The highest BCUT2D eigenvalue weighted by Gasteiger charge is 2.52. The molecule has 0 aromatic heterocycles. The fourth-order valence-corrected chi connectivity index (χ4v) is 6.86. The summed E-state index contributed by atoms with van der Waals surface area (Å²) in [6.07, 6.45) is 3.24. The van der Waals surface area contributed by atoms with Gasteiger partial charge in [-0.2, -0.15) is 0 Å². The Labute approximate surface area is 337 Å². The molecule has 2 atom stereocenters. The number of nitrogens with one attached hydrogen (secondary N) is 2. The third-order valence-electron chi connectivity index (χ3n) is 10.1. The molecule has 0 unspecified atom stereocenters. The smallest absolute Gasteiger partial charge is 0.264 e. The van der Waals surface area contributed by atoms with Gasteiger partial charge in [-0.25, -0.2) is 0 Å². The van der Waals surface area contributed by atoms with Crippen molar-refractivity contribution in [2.24, 2.45) is 5.92 Å². The molecule has 0 bridgehead atoms. The number of aliphatic hydroxyl groups is 2. The van der Waals surface area contributed by atoms with Gasteiger partial charge < -0.3 is 40.1 Å². The number of rotatable bonds is 16. The van der Waals surface area contributed by atoms with Gasteiger partial charge in [0.2, 0.25) is 5.91 Å². The molecule has 0 spiro atoms. The first-order valence-corrected chi connectivity index (χ1v) is 18.8. The van der Waals surface area contributed by atoms with Gasteiger partial charge in [0, 0.05) is 53.5 Å². The van der Waals surface area contributed by atoms with Crippen LogP contribution in [-0.2, 0) is 28.3 Å². The molecule has 4 amide bonds. The number of benzene rings is 5. The van der Waals surface area contributed by atoms with Crippen molar-refractivity contribution < 1.29 is 38.9 Å². The van der Waals surface area contributed by atoms with E-state index in [0.717, 1.165) is 5.56 Å². The van der Waals surface area contributed by atoms with Crippen molar-refractivity contribution in [3.05, 3.63) is 161 Å². The maximum absolute atomic E-state index is 14.5. The van der Waals surface area contributed by atoms with E-state index >= 15 is 0 Å². The summed E-state index contributed by atoms with van der Waals surface area (Å²) >= 11 is 0. The SMILES string of the molecule is COc1ccc(C(=O)Nc2cccc(CN3C(=O)[C@@](O)([C@@H](C)/C=C/CC(=O)N(CCO)Cc4ccccc4)c4cc(NC(=O)c5ccc(OC)cc5)ccc43)c2)cc1. The highest BCUT2D eigenvalue weighted by atomic mass is 16.5. The number of aliphatic hydroxyl groups excluding tert-OH is 1. The average Bonchev–Trinajstić information content (AvgIpc) is 3.45. The van der Waals surface area contributed by atoms with Crippen LogP contribution in [0.25, 0.3) is 0 Å². The zero-order valence-electron chi connectivity index (χ0n) is 32.6. The van der Waals surface area contributed by atoms with E-state index in [1.165, 1.54) is 12.0 Å². The largest absolute Gasteiger partial charge is 0.497 e. The molecule has 5 aromatic rings. The summed E-state index contributed by atoms with van der Waals surface area (Å²) < 4.78 is 10.4. The second-order valence-corrected chi connectivity index (χ2v) is 13.9. The van der Waals surface area contributed by atoms with Gasteiger partial charge >= 0.3 is 0 Å². The first-order chi connectivity index (χ1) is 28.0. The van der Waals surface area contributed by atoms with Crippen molar-refractivity contribution in [2.75, 3.05) is 42.9 Å². The molecule has 0 fully saturated rings. The Morgan fingerprint density at radius 1 is 0.776 bits per heavy atom. The molecule has 1 aliphatic heterocycles. The summed E-state index contributed by atoms with van der Waals surface area (Å²) in [4.78, 5) is 57.1. The molecule has 0 radical (unpaired) electrons. The van der Waals surface area contributed by atoms with Crippen LogP contribution in [0.4, 0.5) is 17.1 Å². The molecular weight excluding hydrogens is 737 g/mol. The highest BCUT2D eigenvalue weighted by molar-refractivity contribution is 6.09. The zero-order chi connectivity index (χ0) is 41.2. The van der Waals surface area contributed by atoms with Gasteiger partial charge in [0.1, 0.15) is 11.5 Å². The van der Waals surface area contributed by atoms with Crippen LogP contribution in [0, 0.1) is 5.92 Å². The van der Waals surface area contributed by atoms with Gasteiger partial charge in [-0.15, -0.1) is 0 Å². The number of methoxy groups -OCH3 is 2. The van der Waals surface area contributed by atoms with E-state index < -0.39 is 23.3 Å². The normalized spacial score (nSPS) is 15.1. The lowest BCUT2D eigenvalue weighted by Gasteiger charge is -2.28. The lowest BCUT2D eigenvalue weighted by molar-refractivity contribution is -0.139. The average molecular weight is 783 g/mol. The number of ether oxygens (including phenoxy) is 2. The van der Waals surface area contributed by atoms with E-state index in [1.54, 1.807) is 116 Å². The van der Waals surface area contributed by atoms with Gasteiger partial charge in [-0.3, -0.25) is 19.2 Å². The molecule has 58 heavy (non-hydrogen) atoms. The molecule has 1 heterocycles. The summed E-state index contributed by atoms with van der Waals surface area (Å²) in [7, 11) is 3.09. The van der Waals surface area contributed by atoms with Crippen LogP contribution >= 0.6 is 0 Å². The fraction of sp³-hybridized carbons (Fsp3) is 0.217. The van der Waals surface area contributed by atoms with Gasteiger partial charge in [-0.05, 0) is 90.0 Å². The molecule has 4 N–H and O–H groups in total. The monoisotopic (exact) mass is 782 g/mol. The lowest BCUT2D eigenvalue weighted by Crippen LogP contribution is -2.44. The van der Waals surface area contributed by atoms with Crippen LogP contribution < -0.4 is 25.0 Å². The molecule has 0 saturated heterocycles. The van der Waals surface area contributed by atoms with Crippen molar-refractivity contribution in [3.8, 4) is 11.5 Å². The molecule has 0 aliphatic carbocycles. The van der Waals surface area contributed by atoms with E-state index in [9.17, 15) is 29.4 Å². The highest BCUT2D eigenvalue weighted by Crippen LogP contribution is 2.47. The first-order valence-electron chi connectivity index (χ1n) is 18.8. The number of carbonyl (C=O) groups excluding carboxylic acids is 4. The second kappa shape index (κ2) is 18.5. The molecule has 1 aliphatic rings. The third-order valence-corrected chi connectivity index (χ3v) is 10.1. The minimum absolute atomic E-state index is 0.0228. The summed E-state index contributed by atoms with van der Waals surface area (Å²) in [5.41, 5.74) is 1.95. The van der Waals surface area contributed by atoms with E-state index in [1.807, 2.05) is 36.4 Å². The number of fused-ring (bicyclic) bond motifs is 1. The molecular formula is C46H46N4O8. The Balaban J connectivity index is 1.25. The quantitative estimate of drug-likeness (QED) is 0.0822. The predicted molar refractivity (Wildman–Crippen MR) is 222 cm³/mol. The van der Waals surface area contributed by atoms with E-state index in [0.29, 0.717) is 51.8 Å². The third kappa shape index (κ3) is 9.26. The van der Waals surface area contributed by atoms with Gasteiger partial charge in [-0.1, -0.05) is 61.5 Å². The van der Waals surface area contributed by atoms with Crippen molar-refractivity contribution in [2.45, 2.75) is 32.0 Å². The Bertz CT molecular complexity index is 2280. The molecule has 0 saturated carbocycles. The second-order valence-electron chi connectivity index (χ2n) is 13.9. The molecule has 12 heteroatoms. The number of anilines is 3.